The molecular formula is C31H28ClN5O2. The lowest BCUT2D eigenvalue weighted by Crippen LogP contribution is -2.42. The van der Waals surface area contributed by atoms with Crippen molar-refractivity contribution in [1.29, 1.82) is 0 Å². The first kappa shape index (κ1) is 26.3. The van der Waals surface area contributed by atoms with E-state index in [0.717, 1.165) is 30.4 Å². The topological polar surface area (TPSA) is 89.8 Å². The van der Waals surface area contributed by atoms with E-state index in [-0.39, 0.29) is 18.1 Å². The van der Waals surface area contributed by atoms with Crippen LogP contribution >= 0.6 is 11.6 Å². The smallest absolute Gasteiger partial charge is 0.244 e. The van der Waals surface area contributed by atoms with Gasteiger partial charge in [-0.25, -0.2) is 0 Å². The molecule has 0 saturated carbocycles. The summed E-state index contributed by atoms with van der Waals surface area (Å²) in [6.07, 6.45) is 7.98. The lowest BCUT2D eigenvalue weighted by atomic mass is 9.86. The van der Waals surface area contributed by atoms with Gasteiger partial charge in [-0.2, -0.15) is 4.68 Å². The summed E-state index contributed by atoms with van der Waals surface area (Å²) in [5.74, 6) is -0.430. The number of benzene rings is 3. The molecule has 1 aliphatic rings. The molecule has 1 atom stereocenters. The molecule has 39 heavy (non-hydrogen) atoms. The molecule has 0 radical (unpaired) electrons. The molecule has 0 unspecified atom stereocenters. The Hall–Kier alpha value is -4.36. The third kappa shape index (κ3) is 6.75. The van der Waals surface area contributed by atoms with E-state index in [4.69, 9.17) is 11.6 Å². The Morgan fingerprint density at radius 1 is 1.03 bits per heavy atom. The van der Waals surface area contributed by atoms with E-state index >= 15 is 0 Å². The zero-order chi connectivity index (χ0) is 27.2. The van der Waals surface area contributed by atoms with Gasteiger partial charge in [-0.15, -0.1) is 5.10 Å². The molecule has 3 aromatic carbocycles. The van der Waals surface area contributed by atoms with Crippen molar-refractivity contribution < 1.29 is 9.59 Å². The van der Waals surface area contributed by atoms with E-state index in [9.17, 15) is 9.59 Å². The van der Waals surface area contributed by atoms with E-state index in [1.54, 1.807) is 24.3 Å². The van der Waals surface area contributed by atoms with Gasteiger partial charge in [-0.05, 0) is 82.6 Å². The SMILES string of the molecule is C=C1CCc2ccc(CC(=O)[C@H](Cc3ccccc3)NC(=O)/C=C/c3cc(Cl)ccc3-n3cnnn3)cc2C1. The van der Waals surface area contributed by atoms with Gasteiger partial charge < -0.3 is 5.32 Å². The fourth-order valence-electron chi connectivity index (χ4n) is 4.81. The first-order valence-electron chi connectivity index (χ1n) is 12.8. The van der Waals surface area contributed by atoms with Gasteiger partial charge in [0.05, 0.1) is 11.7 Å². The lowest BCUT2D eigenvalue weighted by molar-refractivity contribution is -0.125. The summed E-state index contributed by atoms with van der Waals surface area (Å²) in [5, 5.41) is 14.7. The third-order valence-electron chi connectivity index (χ3n) is 6.82. The van der Waals surface area contributed by atoms with E-state index < -0.39 is 6.04 Å². The summed E-state index contributed by atoms with van der Waals surface area (Å²) >= 11 is 6.19. The second-order valence-electron chi connectivity index (χ2n) is 9.71. The molecule has 1 aliphatic carbocycles. The van der Waals surface area contributed by atoms with Crippen LogP contribution in [0.5, 0.6) is 0 Å². The lowest BCUT2D eigenvalue weighted by Gasteiger charge is -2.20. The third-order valence-corrected chi connectivity index (χ3v) is 7.06. The number of carbonyl (C=O) groups excluding carboxylic acids is 2. The van der Waals surface area contributed by atoms with Crippen LogP contribution < -0.4 is 5.32 Å². The standard InChI is InChI=1S/C31H28ClN5O2/c1-21-7-9-24-10-8-23(16-26(24)15-21)18-30(38)28(17-22-5-3-2-4-6-22)34-31(39)14-11-25-19-27(32)12-13-29(25)37-20-33-35-36-37/h2-6,8,10-14,16,19-20,28H,1,7,9,15,17-18H2,(H,34,39)/b14-11+/t28-/m0/s1. The number of Topliss-reactive ketones (excluding diaryl/α,β-unsaturated/α-hetero) is 1. The predicted octanol–water partition coefficient (Wildman–Crippen LogP) is 4.91. The quantitative estimate of drug-likeness (QED) is 0.242. The highest BCUT2D eigenvalue weighted by Crippen LogP contribution is 2.25. The van der Waals surface area contributed by atoms with Gasteiger partial charge in [-0.3, -0.25) is 9.59 Å². The molecular weight excluding hydrogens is 510 g/mol. The van der Waals surface area contributed by atoms with Crippen molar-refractivity contribution in [2.75, 3.05) is 0 Å². The summed E-state index contributed by atoms with van der Waals surface area (Å²) in [4.78, 5) is 26.6. The zero-order valence-corrected chi connectivity index (χ0v) is 22.1. The van der Waals surface area contributed by atoms with Gasteiger partial charge in [-0.1, -0.05) is 72.3 Å². The minimum atomic E-state index is -0.686. The highest BCUT2D eigenvalue weighted by Gasteiger charge is 2.22. The van der Waals surface area contributed by atoms with Crippen molar-refractivity contribution in [2.45, 2.75) is 38.1 Å². The van der Waals surface area contributed by atoms with E-state index in [1.165, 1.54) is 33.8 Å². The number of carbonyl (C=O) groups is 2. The Bertz CT molecular complexity index is 1530. The number of aromatic nitrogens is 4. The summed E-state index contributed by atoms with van der Waals surface area (Å²) < 4.78 is 1.49. The van der Waals surface area contributed by atoms with Crippen molar-refractivity contribution in [1.82, 2.24) is 25.5 Å². The van der Waals surface area contributed by atoms with Gasteiger partial charge in [0.25, 0.3) is 0 Å². The van der Waals surface area contributed by atoms with Crippen molar-refractivity contribution >= 4 is 29.4 Å². The Morgan fingerprint density at radius 2 is 1.87 bits per heavy atom. The molecule has 7 nitrogen and oxygen atoms in total. The summed E-state index contributed by atoms with van der Waals surface area (Å²) in [7, 11) is 0. The number of ketones is 1. The number of aryl methyl sites for hydroxylation is 1. The maximum atomic E-state index is 13.5. The summed E-state index contributed by atoms with van der Waals surface area (Å²) in [5.41, 5.74) is 7.02. The molecule has 0 bridgehead atoms. The Balaban J connectivity index is 1.34. The Labute approximate surface area is 232 Å². The molecule has 1 heterocycles. The summed E-state index contributed by atoms with van der Waals surface area (Å²) in [6, 6.07) is 20.5. The van der Waals surface area contributed by atoms with Crippen molar-refractivity contribution in [3.63, 3.8) is 0 Å². The molecule has 0 saturated heterocycles. The number of fused-ring (bicyclic) bond motifs is 1. The van der Waals surface area contributed by atoms with Gasteiger partial charge in [0.1, 0.15) is 6.33 Å². The maximum absolute atomic E-state index is 13.5. The van der Waals surface area contributed by atoms with Crippen LogP contribution in [0.15, 0.2) is 91.3 Å². The minimum Gasteiger partial charge on any atom is -0.342 e. The zero-order valence-electron chi connectivity index (χ0n) is 21.4. The number of tetrazole rings is 1. The fourth-order valence-corrected chi connectivity index (χ4v) is 4.99. The van der Waals surface area contributed by atoms with Gasteiger partial charge in [0.2, 0.25) is 5.91 Å². The monoisotopic (exact) mass is 537 g/mol. The van der Waals surface area contributed by atoms with Crippen molar-refractivity contribution in [3.05, 3.63) is 124 Å². The number of hydrogen-bond donors (Lipinski definition) is 1. The van der Waals surface area contributed by atoms with Crippen LogP contribution in [0.2, 0.25) is 5.02 Å². The molecule has 8 heteroatoms. The Kier molecular flexibility index (Phi) is 8.08. The maximum Gasteiger partial charge on any atom is 0.244 e. The second-order valence-corrected chi connectivity index (χ2v) is 10.2. The van der Waals surface area contributed by atoms with Crippen LogP contribution in [0.3, 0.4) is 0 Å². The van der Waals surface area contributed by atoms with Gasteiger partial charge in [0.15, 0.2) is 5.78 Å². The van der Waals surface area contributed by atoms with Crippen LogP contribution in [0.25, 0.3) is 11.8 Å². The number of rotatable bonds is 9. The molecule has 1 aromatic heterocycles. The number of allylic oxidation sites excluding steroid dienone is 1. The molecule has 4 aromatic rings. The predicted molar refractivity (Wildman–Crippen MR) is 152 cm³/mol. The highest BCUT2D eigenvalue weighted by molar-refractivity contribution is 6.30. The average molecular weight is 538 g/mol. The highest BCUT2D eigenvalue weighted by atomic mass is 35.5. The fraction of sp³-hybridized carbons (Fsp3) is 0.194. The first-order valence-corrected chi connectivity index (χ1v) is 13.2. The van der Waals surface area contributed by atoms with Crippen molar-refractivity contribution in [3.8, 4) is 5.69 Å². The summed E-state index contributed by atoms with van der Waals surface area (Å²) in [6.45, 7) is 4.14. The molecule has 196 valence electrons. The van der Waals surface area contributed by atoms with E-state index in [0.29, 0.717) is 22.7 Å². The van der Waals surface area contributed by atoms with E-state index in [2.05, 4.69) is 39.6 Å². The molecule has 1 N–H and O–H groups in total. The van der Waals surface area contributed by atoms with Crippen LogP contribution in [0.4, 0.5) is 0 Å². The minimum absolute atomic E-state index is 0.0488. The second kappa shape index (κ2) is 12.0. The van der Waals surface area contributed by atoms with Crippen LogP contribution in [-0.2, 0) is 35.3 Å². The average Bonchev–Trinajstić information content (AvgIpc) is 3.47. The van der Waals surface area contributed by atoms with Crippen molar-refractivity contribution in [2.24, 2.45) is 0 Å². The van der Waals surface area contributed by atoms with Crippen LogP contribution in [0, 0.1) is 0 Å². The van der Waals surface area contributed by atoms with E-state index in [1.807, 2.05) is 36.4 Å². The number of nitrogens with one attached hydrogen (secondary N) is 1. The number of nitrogens with zero attached hydrogens (tertiary/aromatic N) is 4. The van der Waals surface area contributed by atoms with Crippen LogP contribution in [-0.4, -0.2) is 37.9 Å². The molecule has 1 amide bonds. The number of halogens is 1. The largest absolute Gasteiger partial charge is 0.342 e. The Morgan fingerprint density at radius 3 is 2.67 bits per heavy atom. The van der Waals surface area contributed by atoms with Crippen LogP contribution in [0.1, 0.15) is 34.2 Å². The molecule has 0 aliphatic heterocycles. The van der Waals surface area contributed by atoms with Gasteiger partial charge >= 0.3 is 0 Å². The molecule has 5 rings (SSSR count). The normalized spacial score (nSPS) is 13.7. The first-order chi connectivity index (χ1) is 18.9. The number of hydrogen-bond acceptors (Lipinski definition) is 5. The molecule has 0 fully saturated rings. The molecule has 0 spiro atoms. The number of amides is 1. The van der Waals surface area contributed by atoms with Gasteiger partial charge in [0, 0.05) is 23.1 Å².